The summed E-state index contributed by atoms with van der Waals surface area (Å²) in [6.45, 7) is 52.1. The highest BCUT2D eigenvalue weighted by Crippen LogP contribution is 2.57. The van der Waals surface area contributed by atoms with E-state index in [1.807, 2.05) is 0 Å². The van der Waals surface area contributed by atoms with Crippen LogP contribution >= 0.6 is 0 Å². The van der Waals surface area contributed by atoms with E-state index in [0.717, 1.165) is 102 Å². The molecule has 8 heteroatoms. The number of anilines is 12. The van der Waals surface area contributed by atoms with Crippen LogP contribution in [-0.4, -0.2) is 13.4 Å². The molecule has 13 aromatic rings. The number of hydrogen-bond donors (Lipinski definition) is 0. The van der Waals surface area contributed by atoms with E-state index in [0.29, 0.717) is 5.92 Å². The minimum Gasteiger partial charge on any atom is -0.468 e. The van der Waals surface area contributed by atoms with Crippen molar-refractivity contribution in [3.63, 3.8) is 0 Å². The lowest BCUT2D eigenvalue weighted by Gasteiger charge is -2.44. The van der Waals surface area contributed by atoms with Crippen molar-refractivity contribution in [3.05, 3.63) is 274 Å². The Morgan fingerprint density at radius 1 is 0.371 bits per heavy atom. The fourth-order valence-corrected chi connectivity index (χ4v) is 21.2. The maximum atomic E-state index is 7.85. The van der Waals surface area contributed by atoms with E-state index in [4.69, 9.17) is 8.83 Å². The predicted molar refractivity (Wildman–Crippen MR) is 497 cm³/mol. The van der Waals surface area contributed by atoms with Crippen LogP contribution in [-0.2, 0) is 43.3 Å². The van der Waals surface area contributed by atoms with Crippen LogP contribution in [0.5, 0.6) is 0 Å². The summed E-state index contributed by atoms with van der Waals surface area (Å²) in [5.41, 5.74) is 40.2. The largest absolute Gasteiger partial charge is 0.468 e. The highest BCUT2D eigenvalue weighted by atomic mass is 16.3. The van der Waals surface area contributed by atoms with Gasteiger partial charge >= 0.3 is 0 Å². The lowest BCUT2D eigenvalue weighted by Crippen LogP contribution is -2.61. The van der Waals surface area contributed by atoms with Crippen LogP contribution < -0.4 is 52.8 Å². The van der Waals surface area contributed by atoms with Crippen LogP contribution in [0, 0.1) is 13.8 Å². The van der Waals surface area contributed by atoms with Crippen LogP contribution in [0.4, 0.5) is 68.2 Å². The van der Waals surface area contributed by atoms with E-state index < -0.39 is 0 Å². The first-order valence-corrected chi connectivity index (χ1v) is 43.3. The van der Waals surface area contributed by atoms with E-state index >= 15 is 0 Å². The Morgan fingerprint density at radius 2 is 0.793 bits per heavy atom. The first-order valence-electron chi connectivity index (χ1n) is 43.3. The minimum atomic E-state index is -0.168. The van der Waals surface area contributed by atoms with E-state index in [1.54, 1.807) is 0 Å². The Morgan fingerprint density at radius 3 is 1.33 bits per heavy atom. The van der Waals surface area contributed by atoms with Gasteiger partial charge in [0.2, 0.25) is 0 Å². The Hall–Kier alpha value is -10.2. The first-order chi connectivity index (χ1) is 54.8. The summed E-state index contributed by atoms with van der Waals surface area (Å²) < 4.78 is 15.6. The van der Waals surface area contributed by atoms with Crippen LogP contribution in [0.1, 0.15) is 251 Å². The topological polar surface area (TPSA) is 39.2 Å². The monoisotopic (exact) mass is 1520 g/mol. The quantitative estimate of drug-likeness (QED) is 0.127. The van der Waals surface area contributed by atoms with Gasteiger partial charge in [0, 0.05) is 67.5 Å². The molecule has 11 aromatic carbocycles. The molecule has 6 heterocycles. The van der Waals surface area contributed by atoms with Gasteiger partial charge in [-0.1, -0.05) is 254 Å². The van der Waals surface area contributed by atoms with Crippen LogP contribution in [0.15, 0.2) is 221 Å². The highest BCUT2D eigenvalue weighted by Gasteiger charge is 2.52. The number of rotatable bonds is 10. The van der Waals surface area contributed by atoms with Crippen molar-refractivity contribution in [2.45, 2.75) is 247 Å². The zero-order chi connectivity index (χ0) is 81.4. The van der Waals surface area contributed by atoms with Gasteiger partial charge in [0.25, 0.3) is 13.4 Å². The number of para-hydroxylation sites is 1. The van der Waals surface area contributed by atoms with Gasteiger partial charge in [-0.15, -0.1) is 0 Å². The van der Waals surface area contributed by atoms with Crippen molar-refractivity contribution in [1.29, 1.82) is 0 Å². The molecule has 6 nitrogen and oxygen atoms in total. The number of aryl methyl sites for hydroxylation is 2. The van der Waals surface area contributed by atoms with Crippen LogP contribution in [0.3, 0.4) is 0 Å². The van der Waals surface area contributed by atoms with Crippen molar-refractivity contribution < 1.29 is 8.83 Å². The molecular formula is C108H116B2N4O2. The second-order valence-electron chi connectivity index (χ2n) is 42.2. The minimum absolute atomic E-state index is 0.000291. The molecule has 2 unspecified atom stereocenters. The molecule has 4 aliphatic heterocycles. The lowest BCUT2D eigenvalue weighted by molar-refractivity contribution is 0.288. The zero-order valence-electron chi connectivity index (χ0n) is 73.0. The Balaban J connectivity index is 0.699. The number of furan rings is 2. The van der Waals surface area contributed by atoms with Crippen LogP contribution in [0.2, 0.25) is 0 Å². The molecule has 116 heavy (non-hydrogen) atoms. The second-order valence-corrected chi connectivity index (χ2v) is 42.2. The van der Waals surface area contributed by atoms with E-state index in [1.165, 1.54) is 139 Å². The third-order valence-electron chi connectivity index (χ3n) is 28.4. The SMILES string of the molecule is Cc1cc2c3c(c1)N(c1ccc(C(C)(C)C)cc1)c1c(oc4cc5c(cc14)C(C)(C)CCC5(C)CCCC(C)c1ccc(N4c5cc(C)cc6c5B(c5cc(C(C)(C)C)ccc5N6c5ccccc5-c5ccccc5)c5oc6cc7c(cc6c54)C(C)(C)CCC7(C)C)cc1)B3c1ccc(C(C)(C)C)cc1N2c1ccc(C(C)(C)C)cc1. The number of nitrogens with zero attached hydrogens (tertiary/aromatic N) is 4. The summed E-state index contributed by atoms with van der Waals surface area (Å²) in [7, 11) is 0. The summed E-state index contributed by atoms with van der Waals surface area (Å²) in [5.74, 6) is 0.327. The molecule has 2 aromatic heterocycles. The third-order valence-corrected chi connectivity index (χ3v) is 28.4. The fourth-order valence-electron chi connectivity index (χ4n) is 21.2. The lowest BCUT2D eigenvalue weighted by atomic mass is 9.35. The van der Waals surface area contributed by atoms with Crippen molar-refractivity contribution in [2.24, 2.45) is 0 Å². The maximum Gasteiger partial charge on any atom is 0.297 e. The van der Waals surface area contributed by atoms with Gasteiger partial charge < -0.3 is 28.4 Å². The Labute approximate surface area is 691 Å². The molecule has 0 saturated carbocycles. The van der Waals surface area contributed by atoms with Gasteiger partial charge in [0.15, 0.2) is 0 Å². The number of fused-ring (bicyclic) bond motifs is 14. The molecule has 0 fully saturated rings. The number of benzene rings is 11. The summed E-state index contributed by atoms with van der Waals surface area (Å²) >= 11 is 0. The van der Waals surface area contributed by atoms with Gasteiger partial charge in [-0.2, -0.15) is 0 Å². The zero-order valence-corrected chi connectivity index (χ0v) is 73.0. The molecule has 0 N–H and O–H groups in total. The van der Waals surface area contributed by atoms with Gasteiger partial charge in [-0.25, -0.2) is 0 Å². The van der Waals surface area contributed by atoms with E-state index in [9.17, 15) is 0 Å². The van der Waals surface area contributed by atoms with Crippen molar-refractivity contribution in [3.8, 4) is 11.1 Å². The maximum absolute atomic E-state index is 7.85. The number of hydrogen-bond acceptors (Lipinski definition) is 6. The summed E-state index contributed by atoms with van der Waals surface area (Å²) in [5, 5.41) is 2.38. The van der Waals surface area contributed by atoms with Crippen LogP contribution in [0.25, 0.3) is 33.1 Å². The molecule has 0 saturated heterocycles. The van der Waals surface area contributed by atoms with Crippen molar-refractivity contribution in [2.75, 3.05) is 19.6 Å². The summed E-state index contributed by atoms with van der Waals surface area (Å²) in [6.07, 6.45) is 7.74. The molecule has 6 aliphatic rings. The smallest absolute Gasteiger partial charge is 0.297 e. The molecule has 0 spiro atoms. The van der Waals surface area contributed by atoms with Gasteiger partial charge in [-0.05, 0) is 293 Å². The molecule has 0 radical (unpaired) electrons. The Kier molecular flexibility index (Phi) is 17.1. The Bertz CT molecular complexity index is 6160. The average molecular weight is 1520 g/mol. The standard InChI is InChI=1S/C108H116B2N4O2/c1-65-55-89-95-90(56-65)113(76-46-38-71(39-47-76)102(7,8)9)97-79-62-81-83(64-94(79)116-99(97)109(95)84-48-40-73(104(13,14)15)60-88(84)111(89)74-44-36-70(37-45-74)101(4,5)6)108(22,54-53-107(81,20)21)50-28-29-67(3)68-34-42-75(43-35-68)112-91-57-66(2)58-92-96(91)110(100-98(112)78-61-80-82(63-93(78)115-100)106(18,19)52-51-105(80,16)17)85-59-72(103(10,11)12)41-49-87(85)114(92)86-33-27-26-32-77(86)69-30-24-23-25-31-69/h23-27,30-49,55-64,67H,28-29,50-54H2,1-22H3. The predicted octanol–water partition coefficient (Wildman–Crippen LogP) is 26.5. The summed E-state index contributed by atoms with van der Waals surface area (Å²) in [6, 6.07) is 83.2. The molecule has 19 rings (SSSR count). The second kappa shape index (κ2) is 26.2. The van der Waals surface area contributed by atoms with Crippen molar-refractivity contribution >= 4 is 137 Å². The molecule has 586 valence electrons. The molecular weight excluding hydrogens is 1410 g/mol. The van der Waals surface area contributed by atoms with Gasteiger partial charge in [-0.3, -0.25) is 0 Å². The average Bonchev–Trinajstić information content (AvgIpc) is 1.63. The van der Waals surface area contributed by atoms with Crippen molar-refractivity contribution in [1.82, 2.24) is 0 Å². The fraction of sp³-hybridized carbons (Fsp3) is 0.352. The third kappa shape index (κ3) is 12.1. The van der Waals surface area contributed by atoms with Gasteiger partial charge in [0.05, 0.1) is 28.4 Å². The normalized spacial score (nSPS) is 17.8. The first kappa shape index (κ1) is 75.8. The summed E-state index contributed by atoms with van der Waals surface area (Å²) in [4.78, 5) is 10.3. The molecule has 2 aliphatic carbocycles. The van der Waals surface area contributed by atoms with Gasteiger partial charge in [0.1, 0.15) is 11.2 Å². The van der Waals surface area contributed by atoms with E-state index in [2.05, 4.69) is 384 Å². The molecule has 0 amide bonds. The molecule has 2 atom stereocenters. The highest BCUT2D eigenvalue weighted by molar-refractivity contribution is 7.00. The molecule has 0 bridgehead atoms. The van der Waals surface area contributed by atoms with E-state index in [-0.39, 0.29) is 56.7 Å².